The van der Waals surface area contributed by atoms with Crippen molar-refractivity contribution in [2.24, 2.45) is 0 Å². The molecule has 1 N–H and O–H groups in total. The first kappa shape index (κ1) is 17.5. The molecule has 0 spiro atoms. The number of para-hydroxylation sites is 1. The Morgan fingerprint density at radius 3 is 2.63 bits per heavy atom. The van der Waals surface area contributed by atoms with Gasteiger partial charge in [0.2, 0.25) is 0 Å². The Labute approximate surface area is 157 Å². The van der Waals surface area contributed by atoms with Gasteiger partial charge in [-0.3, -0.25) is 9.69 Å². The molecule has 6 heteroatoms. The minimum Gasteiger partial charge on any atom is -0.339 e. The standard InChI is InChI=1S/C21H22FN3O2/c1-14-5-4-6-17(20(26)24-10-2-3-11-24)19(14)23-21(27)25-12-9-15-13-16(22)7-8-18(15)25/h4-8,13H,2-3,9-12H2,1H3,(H,23,27). The van der Waals surface area contributed by atoms with E-state index in [2.05, 4.69) is 5.32 Å². The van der Waals surface area contributed by atoms with Gasteiger partial charge in [0.1, 0.15) is 5.82 Å². The molecule has 2 aromatic carbocycles. The quantitative estimate of drug-likeness (QED) is 0.873. The predicted octanol–water partition coefficient (Wildman–Crippen LogP) is 3.96. The lowest BCUT2D eigenvalue weighted by atomic mass is 10.1. The van der Waals surface area contributed by atoms with Crippen LogP contribution in [0.25, 0.3) is 0 Å². The Kier molecular flexibility index (Phi) is 4.56. The first-order valence-corrected chi connectivity index (χ1v) is 9.30. The molecule has 2 aliphatic heterocycles. The van der Waals surface area contributed by atoms with Gasteiger partial charge in [0, 0.05) is 25.3 Å². The first-order valence-electron chi connectivity index (χ1n) is 9.30. The first-order chi connectivity index (χ1) is 13.0. The Bertz CT molecular complexity index is 906. The summed E-state index contributed by atoms with van der Waals surface area (Å²) >= 11 is 0. The molecule has 140 valence electrons. The lowest BCUT2D eigenvalue weighted by Crippen LogP contribution is -2.35. The number of likely N-dealkylation sites (tertiary alicyclic amines) is 1. The third-order valence-electron chi connectivity index (χ3n) is 5.31. The summed E-state index contributed by atoms with van der Waals surface area (Å²) in [5.74, 6) is -0.344. The van der Waals surface area contributed by atoms with Crippen LogP contribution in [0.2, 0.25) is 0 Å². The maximum absolute atomic E-state index is 13.4. The number of halogens is 1. The fourth-order valence-corrected chi connectivity index (χ4v) is 3.86. The summed E-state index contributed by atoms with van der Waals surface area (Å²) < 4.78 is 13.4. The second-order valence-corrected chi connectivity index (χ2v) is 7.10. The fourth-order valence-electron chi connectivity index (χ4n) is 3.86. The molecule has 0 radical (unpaired) electrons. The van der Waals surface area contributed by atoms with Gasteiger partial charge in [0.15, 0.2) is 0 Å². The van der Waals surface area contributed by atoms with E-state index in [4.69, 9.17) is 0 Å². The fraction of sp³-hybridized carbons (Fsp3) is 0.333. The maximum Gasteiger partial charge on any atom is 0.326 e. The lowest BCUT2D eigenvalue weighted by molar-refractivity contribution is 0.0794. The summed E-state index contributed by atoms with van der Waals surface area (Å²) in [4.78, 5) is 29.2. The molecule has 5 nitrogen and oxygen atoms in total. The molecule has 0 bridgehead atoms. The molecule has 2 aromatic rings. The smallest absolute Gasteiger partial charge is 0.326 e. The van der Waals surface area contributed by atoms with Gasteiger partial charge < -0.3 is 10.2 Å². The van der Waals surface area contributed by atoms with E-state index in [0.29, 0.717) is 24.2 Å². The number of aryl methyl sites for hydroxylation is 1. The molecule has 1 fully saturated rings. The van der Waals surface area contributed by atoms with Crippen molar-refractivity contribution in [2.75, 3.05) is 29.9 Å². The van der Waals surface area contributed by atoms with Gasteiger partial charge in [0.25, 0.3) is 5.91 Å². The number of hydrogen-bond donors (Lipinski definition) is 1. The van der Waals surface area contributed by atoms with Gasteiger partial charge in [-0.25, -0.2) is 9.18 Å². The monoisotopic (exact) mass is 367 g/mol. The molecule has 0 aliphatic carbocycles. The van der Waals surface area contributed by atoms with Crippen molar-refractivity contribution in [1.82, 2.24) is 4.90 Å². The van der Waals surface area contributed by atoms with Crippen LogP contribution >= 0.6 is 0 Å². The number of urea groups is 1. The Morgan fingerprint density at radius 1 is 1.07 bits per heavy atom. The van der Waals surface area contributed by atoms with E-state index >= 15 is 0 Å². The average molecular weight is 367 g/mol. The normalized spacial score (nSPS) is 15.8. The van der Waals surface area contributed by atoms with Crippen molar-refractivity contribution in [3.05, 3.63) is 58.9 Å². The molecule has 3 amide bonds. The number of nitrogens with zero attached hydrogens (tertiary/aromatic N) is 2. The number of anilines is 2. The van der Waals surface area contributed by atoms with E-state index in [1.54, 1.807) is 17.0 Å². The largest absolute Gasteiger partial charge is 0.339 e. The van der Waals surface area contributed by atoms with Crippen LogP contribution in [0.5, 0.6) is 0 Å². The third kappa shape index (κ3) is 3.27. The van der Waals surface area contributed by atoms with Crippen molar-refractivity contribution in [2.45, 2.75) is 26.2 Å². The zero-order valence-electron chi connectivity index (χ0n) is 15.3. The zero-order valence-corrected chi connectivity index (χ0v) is 15.3. The van der Waals surface area contributed by atoms with Crippen LogP contribution in [0.3, 0.4) is 0 Å². The van der Waals surface area contributed by atoms with Crippen LogP contribution in [-0.2, 0) is 6.42 Å². The SMILES string of the molecule is Cc1cccc(C(=O)N2CCCC2)c1NC(=O)N1CCc2cc(F)ccc21. The van der Waals surface area contributed by atoms with Crippen LogP contribution in [0.4, 0.5) is 20.6 Å². The molecule has 27 heavy (non-hydrogen) atoms. The molecule has 0 unspecified atom stereocenters. The number of nitrogens with one attached hydrogen (secondary N) is 1. The van der Waals surface area contributed by atoms with E-state index < -0.39 is 0 Å². The minimum atomic E-state index is -0.301. The Hall–Kier alpha value is -2.89. The van der Waals surface area contributed by atoms with Gasteiger partial charge >= 0.3 is 6.03 Å². The average Bonchev–Trinajstić information content (AvgIpc) is 3.32. The van der Waals surface area contributed by atoms with Gasteiger partial charge in [0.05, 0.1) is 11.3 Å². The number of carbonyl (C=O) groups is 2. The van der Waals surface area contributed by atoms with Gasteiger partial charge in [-0.15, -0.1) is 0 Å². The predicted molar refractivity (Wildman–Crippen MR) is 103 cm³/mol. The van der Waals surface area contributed by atoms with Gasteiger partial charge in [-0.2, -0.15) is 0 Å². The summed E-state index contributed by atoms with van der Waals surface area (Å²) in [5.41, 5.74) is 3.45. The maximum atomic E-state index is 13.4. The highest BCUT2D eigenvalue weighted by Gasteiger charge is 2.28. The topological polar surface area (TPSA) is 52.7 Å². The van der Waals surface area contributed by atoms with E-state index in [0.717, 1.165) is 42.7 Å². The van der Waals surface area contributed by atoms with E-state index in [9.17, 15) is 14.0 Å². The van der Waals surface area contributed by atoms with Crippen LogP contribution in [0, 0.1) is 12.7 Å². The molecule has 0 atom stereocenters. The van der Waals surface area contributed by atoms with Crippen LogP contribution in [0.1, 0.15) is 34.3 Å². The highest BCUT2D eigenvalue weighted by atomic mass is 19.1. The zero-order chi connectivity index (χ0) is 19.0. The van der Waals surface area contributed by atoms with Crippen molar-refractivity contribution in [3.63, 3.8) is 0 Å². The second-order valence-electron chi connectivity index (χ2n) is 7.10. The van der Waals surface area contributed by atoms with Crippen LogP contribution in [-0.4, -0.2) is 36.5 Å². The summed E-state index contributed by atoms with van der Waals surface area (Å²) in [6, 6.07) is 9.64. The van der Waals surface area contributed by atoms with E-state index in [1.165, 1.54) is 12.1 Å². The van der Waals surface area contributed by atoms with Crippen LogP contribution in [0.15, 0.2) is 36.4 Å². The highest BCUT2D eigenvalue weighted by molar-refractivity contribution is 6.08. The Balaban J connectivity index is 1.60. The van der Waals surface area contributed by atoms with Crippen LogP contribution < -0.4 is 10.2 Å². The molecule has 2 heterocycles. The second kappa shape index (κ2) is 7.02. The number of carbonyl (C=O) groups excluding carboxylic acids is 2. The third-order valence-corrected chi connectivity index (χ3v) is 5.31. The highest BCUT2D eigenvalue weighted by Crippen LogP contribution is 2.30. The van der Waals surface area contributed by atoms with Crippen molar-refractivity contribution in [1.29, 1.82) is 0 Å². The molecule has 0 aromatic heterocycles. The summed E-state index contributed by atoms with van der Waals surface area (Å²) in [5, 5.41) is 2.93. The van der Waals surface area contributed by atoms with Gasteiger partial charge in [-0.1, -0.05) is 12.1 Å². The van der Waals surface area contributed by atoms with Crippen molar-refractivity contribution < 1.29 is 14.0 Å². The molecule has 2 aliphatic rings. The number of benzene rings is 2. The molecular formula is C21H22FN3O2. The number of amides is 3. The van der Waals surface area contributed by atoms with Gasteiger partial charge in [-0.05, 0) is 61.6 Å². The number of fused-ring (bicyclic) bond motifs is 1. The number of rotatable bonds is 2. The van der Waals surface area contributed by atoms with E-state index in [-0.39, 0.29) is 17.8 Å². The van der Waals surface area contributed by atoms with E-state index in [1.807, 2.05) is 24.0 Å². The Morgan fingerprint density at radius 2 is 1.85 bits per heavy atom. The number of hydrogen-bond acceptors (Lipinski definition) is 2. The van der Waals surface area contributed by atoms with Crippen molar-refractivity contribution in [3.8, 4) is 0 Å². The summed E-state index contributed by atoms with van der Waals surface area (Å²) in [7, 11) is 0. The molecule has 0 saturated carbocycles. The summed E-state index contributed by atoms with van der Waals surface area (Å²) in [6.45, 7) is 3.88. The molecule has 4 rings (SSSR count). The minimum absolute atomic E-state index is 0.0459. The summed E-state index contributed by atoms with van der Waals surface area (Å²) in [6.07, 6.45) is 2.65. The molecular weight excluding hydrogens is 345 g/mol. The lowest BCUT2D eigenvalue weighted by Gasteiger charge is -2.22. The van der Waals surface area contributed by atoms with Crippen molar-refractivity contribution >= 4 is 23.3 Å². The molecule has 1 saturated heterocycles.